The highest BCUT2D eigenvalue weighted by molar-refractivity contribution is 5.89. The predicted octanol–water partition coefficient (Wildman–Crippen LogP) is 1.94. The van der Waals surface area contributed by atoms with Gasteiger partial charge in [-0.1, -0.05) is 0 Å². The van der Waals surface area contributed by atoms with Gasteiger partial charge in [0.05, 0.1) is 19.5 Å². The van der Waals surface area contributed by atoms with Crippen LogP contribution in [-0.2, 0) is 9.53 Å². The van der Waals surface area contributed by atoms with Crippen LogP contribution in [0, 0.1) is 0 Å². The maximum Gasteiger partial charge on any atom is 0.334 e. The van der Waals surface area contributed by atoms with E-state index >= 15 is 0 Å². The lowest BCUT2D eigenvalue weighted by atomic mass is 10.1. The van der Waals surface area contributed by atoms with Gasteiger partial charge in [0.1, 0.15) is 5.76 Å². The van der Waals surface area contributed by atoms with Crippen LogP contribution in [0.1, 0.15) is 5.56 Å². The molecule has 1 N–H and O–H groups in total. The number of carbonyl (C=O) groups is 1. The van der Waals surface area contributed by atoms with E-state index in [1.54, 1.807) is 24.7 Å². The molecule has 0 bridgehead atoms. The molecule has 0 fully saturated rings. The van der Waals surface area contributed by atoms with Gasteiger partial charge in [0.2, 0.25) is 0 Å². The largest absolute Gasteiger partial charge is 0.507 e. The summed E-state index contributed by atoms with van der Waals surface area (Å²) in [7, 11) is 1.26. The fourth-order valence-corrected chi connectivity index (χ4v) is 1.47. The summed E-state index contributed by atoms with van der Waals surface area (Å²) in [5.41, 5.74) is 1.46. The van der Waals surface area contributed by atoms with Crippen molar-refractivity contribution in [3.63, 3.8) is 0 Å². The van der Waals surface area contributed by atoms with Crippen LogP contribution < -0.4 is 0 Å². The maximum atomic E-state index is 11.0. The van der Waals surface area contributed by atoms with Crippen molar-refractivity contribution in [1.29, 1.82) is 0 Å². The Labute approximate surface area is 104 Å². The molecule has 92 valence electrons. The van der Waals surface area contributed by atoms with E-state index in [-0.39, 0.29) is 5.76 Å². The Hall–Kier alpha value is -2.56. The van der Waals surface area contributed by atoms with Crippen LogP contribution in [0.3, 0.4) is 0 Å². The molecule has 5 nitrogen and oxygen atoms in total. The van der Waals surface area contributed by atoms with E-state index in [4.69, 9.17) is 0 Å². The molecule has 1 aromatic carbocycles. The van der Waals surface area contributed by atoms with Crippen molar-refractivity contribution in [2.24, 2.45) is 0 Å². The minimum absolute atomic E-state index is 0.126. The molecule has 0 atom stereocenters. The van der Waals surface area contributed by atoms with Gasteiger partial charge in [-0.05, 0) is 24.3 Å². The molecular weight excluding hydrogens is 232 g/mol. The van der Waals surface area contributed by atoms with E-state index in [1.807, 2.05) is 22.9 Å². The van der Waals surface area contributed by atoms with Gasteiger partial charge in [0.15, 0.2) is 0 Å². The molecule has 0 radical (unpaired) electrons. The summed E-state index contributed by atoms with van der Waals surface area (Å²) in [6.07, 6.45) is 6.22. The second kappa shape index (κ2) is 5.18. The zero-order chi connectivity index (χ0) is 13.0. The fourth-order valence-electron chi connectivity index (χ4n) is 1.47. The molecule has 0 saturated carbocycles. The van der Waals surface area contributed by atoms with E-state index in [0.717, 1.165) is 11.8 Å². The molecule has 5 heteroatoms. The first kappa shape index (κ1) is 11.9. The number of aromatic nitrogens is 2. The predicted molar refractivity (Wildman–Crippen MR) is 66.2 cm³/mol. The number of carbonyl (C=O) groups excluding carboxylic acids is 1. The normalized spacial score (nSPS) is 11.3. The number of ether oxygens (including phenoxy) is 1. The summed E-state index contributed by atoms with van der Waals surface area (Å²) in [5.74, 6) is -0.717. The van der Waals surface area contributed by atoms with Gasteiger partial charge in [0.25, 0.3) is 0 Å². The van der Waals surface area contributed by atoms with Gasteiger partial charge in [-0.2, -0.15) is 0 Å². The maximum absolute atomic E-state index is 11.0. The van der Waals surface area contributed by atoms with Gasteiger partial charge in [0, 0.05) is 23.6 Å². The van der Waals surface area contributed by atoms with Crippen molar-refractivity contribution < 1.29 is 14.6 Å². The van der Waals surface area contributed by atoms with Crippen molar-refractivity contribution in [2.45, 2.75) is 0 Å². The number of nitrogens with zero attached hydrogens (tertiary/aromatic N) is 2. The average molecular weight is 244 g/mol. The van der Waals surface area contributed by atoms with Crippen LogP contribution in [0.5, 0.6) is 0 Å². The number of aliphatic hydroxyl groups is 1. The lowest BCUT2D eigenvalue weighted by Gasteiger charge is -2.04. The van der Waals surface area contributed by atoms with Crippen LogP contribution in [0.4, 0.5) is 0 Å². The number of esters is 1. The van der Waals surface area contributed by atoms with Crippen LogP contribution in [0.25, 0.3) is 11.4 Å². The van der Waals surface area contributed by atoms with Crippen molar-refractivity contribution in [2.75, 3.05) is 7.11 Å². The molecule has 2 rings (SSSR count). The molecule has 0 aliphatic heterocycles. The van der Waals surface area contributed by atoms with E-state index in [2.05, 4.69) is 9.72 Å². The number of rotatable bonds is 3. The van der Waals surface area contributed by atoms with Crippen LogP contribution in [0.2, 0.25) is 0 Å². The zero-order valence-electron chi connectivity index (χ0n) is 9.78. The van der Waals surface area contributed by atoms with Crippen LogP contribution in [0.15, 0.2) is 49.1 Å². The van der Waals surface area contributed by atoms with Crippen molar-refractivity contribution in [3.05, 3.63) is 54.6 Å². The molecular formula is C13H12N2O3. The lowest BCUT2D eigenvalue weighted by Crippen LogP contribution is -1.97. The molecule has 18 heavy (non-hydrogen) atoms. The highest BCUT2D eigenvalue weighted by Crippen LogP contribution is 2.15. The van der Waals surface area contributed by atoms with E-state index < -0.39 is 5.97 Å². The first-order valence-electron chi connectivity index (χ1n) is 5.28. The molecule has 2 aromatic rings. The summed E-state index contributed by atoms with van der Waals surface area (Å²) >= 11 is 0. The SMILES string of the molecule is COC(=O)C=C(O)c1ccc(-n2ccnc2)cc1. The third-order valence-corrected chi connectivity index (χ3v) is 2.42. The molecule has 0 aliphatic carbocycles. The number of hydrogen-bond donors (Lipinski definition) is 1. The molecule has 0 amide bonds. The fraction of sp³-hybridized carbons (Fsp3) is 0.0769. The van der Waals surface area contributed by atoms with Crippen LogP contribution in [-0.4, -0.2) is 27.7 Å². The summed E-state index contributed by atoms with van der Waals surface area (Å²) < 4.78 is 6.28. The highest BCUT2D eigenvalue weighted by atomic mass is 16.5. The van der Waals surface area contributed by atoms with Crippen molar-refractivity contribution in [1.82, 2.24) is 9.55 Å². The summed E-state index contributed by atoms with van der Waals surface area (Å²) in [4.78, 5) is 14.9. The third kappa shape index (κ3) is 2.57. The second-order valence-electron chi connectivity index (χ2n) is 3.57. The number of hydrogen-bond acceptors (Lipinski definition) is 4. The summed E-state index contributed by atoms with van der Waals surface area (Å²) in [5, 5.41) is 9.68. The monoisotopic (exact) mass is 244 g/mol. The molecule has 0 spiro atoms. The smallest absolute Gasteiger partial charge is 0.334 e. The zero-order valence-corrected chi connectivity index (χ0v) is 9.78. The van der Waals surface area contributed by atoms with E-state index in [1.165, 1.54) is 7.11 Å². The number of methoxy groups -OCH3 is 1. The minimum atomic E-state index is -0.591. The lowest BCUT2D eigenvalue weighted by molar-refractivity contribution is -0.134. The van der Waals surface area contributed by atoms with E-state index in [9.17, 15) is 9.90 Å². The Bertz CT molecular complexity index is 556. The Balaban J connectivity index is 2.23. The number of aliphatic hydroxyl groups excluding tert-OH is 1. The van der Waals surface area contributed by atoms with E-state index in [0.29, 0.717) is 5.56 Å². The Morgan fingerprint density at radius 2 is 2.11 bits per heavy atom. The third-order valence-electron chi connectivity index (χ3n) is 2.42. The average Bonchev–Trinajstić information content (AvgIpc) is 2.92. The van der Waals surface area contributed by atoms with Crippen LogP contribution >= 0.6 is 0 Å². The second-order valence-corrected chi connectivity index (χ2v) is 3.57. The number of imidazole rings is 1. The number of benzene rings is 1. The molecule has 0 aliphatic rings. The Morgan fingerprint density at radius 1 is 1.39 bits per heavy atom. The first-order chi connectivity index (χ1) is 8.70. The topological polar surface area (TPSA) is 64.3 Å². The Kier molecular flexibility index (Phi) is 3.43. The summed E-state index contributed by atoms with van der Waals surface area (Å²) in [6.45, 7) is 0. The molecule has 1 aromatic heterocycles. The van der Waals surface area contributed by atoms with Gasteiger partial charge >= 0.3 is 5.97 Å². The van der Waals surface area contributed by atoms with Gasteiger partial charge in [-0.3, -0.25) is 0 Å². The quantitative estimate of drug-likeness (QED) is 0.509. The molecule has 0 saturated heterocycles. The van der Waals surface area contributed by atoms with Gasteiger partial charge in [-0.15, -0.1) is 0 Å². The minimum Gasteiger partial charge on any atom is -0.507 e. The van der Waals surface area contributed by atoms with Gasteiger partial charge in [-0.25, -0.2) is 9.78 Å². The first-order valence-corrected chi connectivity index (χ1v) is 5.28. The highest BCUT2D eigenvalue weighted by Gasteiger charge is 2.03. The van der Waals surface area contributed by atoms with Gasteiger partial charge < -0.3 is 14.4 Å². The summed E-state index contributed by atoms with van der Waals surface area (Å²) in [6, 6.07) is 7.06. The molecule has 1 heterocycles. The Morgan fingerprint density at radius 3 is 2.67 bits per heavy atom. The standard InChI is InChI=1S/C13H12N2O3/c1-18-13(17)8-12(16)10-2-4-11(5-3-10)15-7-6-14-9-15/h2-9,16H,1H3. The molecule has 0 unspecified atom stereocenters. The van der Waals surface area contributed by atoms with Crippen molar-refractivity contribution >= 4 is 11.7 Å². The van der Waals surface area contributed by atoms with Crippen molar-refractivity contribution in [3.8, 4) is 5.69 Å².